The lowest BCUT2D eigenvalue weighted by molar-refractivity contribution is -0.204. The molecule has 0 aliphatic carbocycles. The van der Waals surface area contributed by atoms with E-state index >= 15 is 0 Å². The molecule has 58 valence electrons. The first-order valence-electron chi connectivity index (χ1n) is 2.82. The van der Waals surface area contributed by atoms with Crippen molar-refractivity contribution in [2.24, 2.45) is 5.92 Å². The normalized spacial score (nSPS) is 20.5. The molecule has 1 aliphatic heterocycles. The van der Waals surface area contributed by atoms with Gasteiger partial charge in [-0.3, -0.25) is 4.94 Å². The molecule has 0 amide bonds. The van der Waals surface area contributed by atoms with Gasteiger partial charge in [0.25, 0.3) is 0 Å². The highest BCUT2D eigenvalue weighted by Gasteiger charge is 2.24. The molecular weight excluding hydrogens is 143 g/mol. The Balaban J connectivity index is 2.31. The molecule has 0 aromatic heterocycles. The molecule has 0 aromatic carbocycles. The lowest BCUT2D eigenvalue weighted by Crippen LogP contribution is -2.30. The second kappa shape index (κ2) is 3.48. The van der Waals surface area contributed by atoms with Crippen molar-refractivity contribution < 1.29 is 23.7 Å². The van der Waals surface area contributed by atoms with Gasteiger partial charge in [-0.25, -0.2) is 4.79 Å². The van der Waals surface area contributed by atoms with Gasteiger partial charge >= 0.3 is 5.97 Å². The lowest BCUT2D eigenvalue weighted by atomic mass is 10.2. The van der Waals surface area contributed by atoms with E-state index in [0.717, 1.165) is 0 Å². The molecule has 1 fully saturated rings. The van der Waals surface area contributed by atoms with Crippen LogP contribution in [0.25, 0.3) is 0 Å². The van der Waals surface area contributed by atoms with Crippen LogP contribution in [0.15, 0.2) is 0 Å². The molecule has 0 N–H and O–H groups in total. The van der Waals surface area contributed by atoms with Crippen LogP contribution in [0.1, 0.15) is 0 Å². The number of halogens is 1. The average Bonchev–Trinajstić information content (AvgIpc) is 2.05. The third-order valence-corrected chi connectivity index (χ3v) is 1.21. The number of rotatable bonds is 1. The topological polar surface area (TPSA) is 44.8 Å². The van der Waals surface area contributed by atoms with Crippen molar-refractivity contribution in [2.75, 3.05) is 20.0 Å². The predicted molar refractivity (Wildman–Crippen MR) is 27.5 cm³/mol. The SMILES string of the molecule is O=C(OF)C1COCOC1. The maximum atomic E-state index is 11.2. The summed E-state index contributed by atoms with van der Waals surface area (Å²) in [5.41, 5.74) is 0. The molecule has 4 nitrogen and oxygen atoms in total. The molecule has 0 radical (unpaired) electrons. The smallest absolute Gasteiger partial charge is 0.354 e. The van der Waals surface area contributed by atoms with Crippen LogP contribution in [0, 0.1) is 5.92 Å². The zero-order chi connectivity index (χ0) is 7.40. The summed E-state index contributed by atoms with van der Waals surface area (Å²) in [7, 11) is 0. The molecule has 0 atom stereocenters. The van der Waals surface area contributed by atoms with Crippen molar-refractivity contribution in [2.45, 2.75) is 0 Å². The summed E-state index contributed by atoms with van der Waals surface area (Å²) in [6.07, 6.45) is 0. The standard InChI is InChI=1S/C5H7FO4/c6-10-5(7)4-1-8-3-9-2-4/h4H,1-3H2. The fraction of sp³-hybridized carbons (Fsp3) is 0.800. The van der Waals surface area contributed by atoms with Crippen molar-refractivity contribution in [1.82, 2.24) is 0 Å². The third-order valence-electron chi connectivity index (χ3n) is 1.21. The van der Waals surface area contributed by atoms with E-state index in [2.05, 4.69) is 4.94 Å². The largest absolute Gasteiger partial charge is 0.356 e. The zero-order valence-corrected chi connectivity index (χ0v) is 5.21. The first-order chi connectivity index (χ1) is 4.84. The Morgan fingerprint density at radius 1 is 1.50 bits per heavy atom. The Labute approximate surface area is 56.8 Å². The van der Waals surface area contributed by atoms with E-state index in [9.17, 15) is 9.32 Å². The Bertz CT molecular complexity index is 121. The quantitative estimate of drug-likeness (QED) is 0.529. The van der Waals surface area contributed by atoms with E-state index in [0.29, 0.717) is 0 Å². The van der Waals surface area contributed by atoms with Crippen LogP contribution in [0.5, 0.6) is 0 Å². The van der Waals surface area contributed by atoms with Crippen LogP contribution in [0.3, 0.4) is 0 Å². The first-order valence-corrected chi connectivity index (χ1v) is 2.82. The molecule has 1 heterocycles. The van der Waals surface area contributed by atoms with Crippen LogP contribution in [0.4, 0.5) is 4.53 Å². The van der Waals surface area contributed by atoms with Gasteiger partial charge in [-0.15, -0.1) is 0 Å². The van der Waals surface area contributed by atoms with Gasteiger partial charge in [-0.1, -0.05) is 0 Å². The van der Waals surface area contributed by atoms with Gasteiger partial charge in [-0.2, -0.15) is 0 Å². The summed E-state index contributed by atoms with van der Waals surface area (Å²) in [6, 6.07) is 0. The van der Waals surface area contributed by atoms with E-state index in [1.807, 2.05) is 0 Å². The molecule has 0 unspecified atom stereocenters. The average molecular weight is 150 g/mol. The molecular formula is C5H7FO4. The van der Waals surface area contributed by atoms with E-state index in [1.54, 1.807) is 0 Å². The summed E-state index contributed by atoms with van der Waals surface area (Å²) in [5, 5.41) is 0. The summed E-state index contributed by atoms with van der Waals surface area (Å²) in [6.45, 7) is 0.502. The van der Waals surface area contributed by atoms with Gasteiger partial charge in [-0.05, 0) is 0 Å². The maximum Gasteiger partial charge on any atom is 0.356 e. The van der Waals surface area contributed by atoms with Crippen LogP contribution >= 0.6 is 0 Å². The van der Waals surface area contributed by atoms with E-state index in [-0.39, 0.29) is 20.0 Å². The molecule has 0 bridgehead atoms. The molecule has 1 rings (SSSR count). The summed E-state index contributed by atoms with van der Waals surface area (Å²) < 4.78 is 20.6. The summed E-state index contributed by atoms with van der Waals surface area (Å²) in [4.78, 5) is 13.4. The van der Waals surface area contributed by atoms with E-state index in [4.69, 9.17) is 9.47 Å². The first kappa shape index (κ1) is 7.43. The summed E-state index contributed by atoms with van der Waals surface area (Å²) >= 11 is 0. The van der Waals surface area contributed by atoms with Crippen molar-refractivity contribution in [3.05, 3.63) is 0 Å². The fourth-order valence-electron chi connectivity index (χ4n) is 0.687. The highest BCUT2D eigenvalue weighted by molar-refractivity contribution is 5.72. The zero-order valence-electron chi connectivity index (χ0n) is 5.21. The van der Waals surface area contributed by atoms with Crippen molar-refractivity contribution in [3.8, 4) is 0 Å². The minimum Gasteiger partial charge on any atom is -0.354 e. The highest BCUT2D eigenvalue weighted by atomic mass is 19.3. The second-order valence-corrected chi connectivity index (χ2v) is 1.95. The Kier molecular flexibility index (Phi) is 2.58. The highest BCUT2D eigenvalue weighted by Crippen LogP contribution is 2.06. The predicted octanol–water partition coefficient (Wildman–Crippen LogP) is 0.0346. The molecule has 5 heteroatoms. The monoisotopic (exact) mass is 150 g/mol. The molecule has 10 heavy (non-hydrogen) atoms. The van der Waals surface area contributed by atoms with Crippen molar-refractivity contribution in [1.29, 1.82) is 0 Å². The number of hydrogen-bond acceptors (Lipinski definition) is 4. The van der Waals surface area contributed by atoms with Gasteiger partial charge in [0.05, 0.1) is 13.2 Å². The molecule has 1 aliphatic rings. The van der Waals surface area contributed by atoms with Gasteiger partial charge in [0, 0.05) is 4.53 Å². The van der Waals surface area contributed by atoms with Crippen LogP contribution in [-0.2, 0) is 19.2 Å². The van der Waals surface area contributed by atoms with Gasteiger partial charge in [0.2, 0.25) is 0 Å². The van der Waals surface area contributed by atoms with Crippen LogP contribution in [0.2, 0.25) is 0 Å². The van der Waals surface area contributed by atoms with Gasteiger partial charge in [0.15, 0.2) is 0 Å². The minimum absolute atomic E-state index is 0.163. The third kappa shape index (κ3) is 1.65. The van der Waals surface area contributed by atoms with Crippen molar-refractivity contribution >= 4 is 5.97 Å². The van der Waals surface area contributed by atoms with E-state index < -0.39 is 11.9 Å². The molecule has 0 aromatic rings. The fourth-order valence-corrected chi connectivity index (χ4v) is 0.687. The Hall–Kier alpha value is -0.680. The molecule has 1 saturated heterocycles. The molecule has 0 spiro atoms. The van der Waals surface area contributed by atoms with Gasteiger partial charge in [0.1, 0.15) is 12.7 Å². The second-order valence-electron chi connectivity index (χ2n) is 1.95. The summed E-state index contributed by atoms with van der Waals surface area (Å²) in [5.74, 6) is -1.54. The molecule has 0 saturated carbocycles. The van der Waals surface area contributed by atoms with Crippen molar-refractivity contribution in [3.63, 3.8) is 0 Å². The van der Waals surface area contributed by atoms with Crippen LogP contribution in [-0.4, -0.2) is 26.0 Å². The Morgan fingerprint density at radius 3 is 2.60 bits per heavy atom. The minimum atomic E-state index is -0.931. The number of hydrogen-bond donors (Lipinski definition) is 0. The van der Waals surface area contributed by atoms with E-state index in [1.165, 1.54) is 0 Å². The number of carbonyl (C=O) groups excluding carboxylic acids is 1. The number of carbonyl (C=O) groups is 1. The van der Waals surface area contributed by atoms with Gasteiger partial charge < -0.3 is 9.47 Å². The maximum absolute atomic E-state index is 11.2. The Morgan fingerprint density at radius 2 is 2.10 bits per heavy atom. The lowest BCUT2D eigenvalue weighted by Gasteiger charge is -2.18. The number of ether oxygens (including phenoxy) is 2. The van der Waals surface area contributed by atoms with Crippen LogP contribution < -0.4 is 0 Å².